The zero-order valence-electron chi connectivity index (χ0n) is 13.5. The molecule has 11 heteroatoms. The molecule has 2 aromatic carbocycles. The number of aromatic amines is 1. The molecule has 0 aliphatic rings. The smallest absolute Gasteiger partial charge is 0.341 e. The molecular weight excluding hydrogens is 376 g/mol. The molecule has 0 aliphatic heterocycles. The molecule has 3 rings (SSSR count). The molecule has 3 N–H and O–H groups in total. The summed E-state index contributed by atoms with van der Waals surface area (Å²) < 4.78 is 0.576. The molecule has 1 amide bonds. The maximum absolute atomic E-state index is 12.4. The van der Waals surface area contributed by atoms with E-state index < -0.39 is 16.5 Å². The van der Waals surface area contributed by atoms with E-state index in [2.05, 4.69) is 15.3 Å². The van der Waals surface area contributed by atoms with Gasteiger partial charge in [-0.25, -0.2) is 4.79 Å². The van der Waals surface area contributed by atoms with Crippen LogP contribution >= 0.6 is 11.6 Å². The van der Waals surface area contributed by atoms with Crippen LogP contribution in [-0.4, -0.2) is 20.7 Å². The van der Waals surface area contributed by atoms with Gasteiger partial charge < -0.3 is 5.73 Å². The lowest BCUT2D eigenvalue weighted by Gasteiger charge is -1.99. The number of H-pyrrole nitrogens is 1. The Balaban J connectivity index is 2.09. The van der Waals surface area contributed by atoms with Gasteiger partial charge in [-0.2, -0.15) is 9.80 Å². The van der Waals surface area contributed by atoms with Crippen molar-refractivity contribution in [2.75, 3.05) is 0 Å². The Bertz CT molecular complexity index is 1100. The van der Waals surface area contributed by atoms with Gasteiger partial charge in [-0.15, -0.1) is 5.11 Å². The van der Waals surface area contributed by atoms with Crippen molar-refractivity contribution in [3.05, 3.63) is 74.0 Å². The largest absolute Gasteiger partial charge is 0.350 e. The molecule has 0 radical (unpaired) electrons. The molecule has 1 heterocycles. The van der Waals surface area contributed by atoms with E-state index in [1.54, 1.807) is 24.3 Å². The van der Waals surface area contributed by atoms with Gasteiger partial charge in [0.05, 0.1) is 16.3 Å². The highest BCUT2D eigenvalue weighted by Gasteiger charge is 2.19. The second kappa shape index (κ2) is 7.22. The molecule has 136 valence electrons. The van der Waals surface area contributed by atoms with Crippen LogP contribution in [0, 0.1) is 10.1 Å². The number of azo groups is 1. The van der Waals surface area contributed by atoms with Gasteiger partial charge in [0, 0.05) is 22.7 Å². The van der Waals surface area contributed by atoms with E-state index in [0.29, 0.717) is 21.0 Å². The topological polar surface area (TPSA) is 149 Å². The van der Waals surface area contributed by atoms with Crippen LogP contribution in [0.1, 0.15) is 0 Å². The molecule has 0 bridgehead atoms. The van der Waals surface area contributed by atoms with E-state index in [0.717, 1.165) is 0 Å². The Labute approximate surface area is 156 Å². The first-order valence-electron chi connectivity index (χ1n) is 7.44. The molecule has 0 unspecified atom stereocenters. The number of carbonyl (C=O) groups is 1. The molecule has 10 nitrogen and oxygen atoms in total. The predicted octanol–water partition coefficient (Wildman–Crippen LogP) is 3.75. The molecule has 0 saturated heterocycles. The number of nitrogens with one attached hydrogen (secondary N) is 1. The van der Waals surface area contributed by atoms with E-state index >= 15 is 0 Å². The third kappa shape index (κ3) is 3.75. The van der Waals surface area contributed by atoms with E-state index in [1.807, 2.05) is 0 Å². The van der Waals surface area contributed by atoms with Crippen LogP contribution in [0.4, 0.5) is 21.9 Å². The first kappa shape index (κ1) is 18.0. The molecule has 0 atom stereocenters. The van der Waals surface area contributed by atoms with Gasteiger partial charge >= 0.3 is 11.6 Å². The van der Waals surface area contributed by atoms with Gasteiger partial charge in [0.2, 0.25) is 0 Å². The van der Waals surface area contributed by atoms with Crippen molar-refractivity contribution in [1.29, 1.82) is 0 Å². The summed E-state index contributed by atoms with van der Waals surface area (Å²) in [5.74, 6) is 0. The van der Waals surface area contributed by atoms with Gasteiger partial charge in [-0.1, -0.05) is 11.6 Å². The molecule has 0 spiro atoms. The minimum absolute atomic E-state index is 0.125. The third-order valence-corrected chi connectivity index (χ3v) is 3.80. The molecule has 1 aromatic heterocycles. The average Bonchev–Trinajstić information content (AvgIpc) is 2.98. The second-order valence-corrected chi connectivity index (χ2v) is 5.73. The first-order chi connectivity index (χ1) is 12.9. The lowest BCUT2D eigenvalue weighted by Crippen LogP contribution is -2.29. The number of benzene rings is 2. The molecule has 0 fully saturated rings. The number of carbonyl (C=O) groups excluding carboxylic acids is 1. The van der Waals surface area contributed by atoms with Gasteiger partial charge in [-0.05, 0) is 36.4 Å². The van der Waals surface area contributed by atoms with Gasteiger partial charge in [0.25, 0.3) is 5.69 Å². The van der Waals surface area contributed by atoms with Crippen LogP contribution < -0.4 is 11.3 Å². The Kier molecular flexibility index (Phi) is 4.81. The predicted molar refractivity (Wildman–Crippen MR) is 97.8 cm³/mol. The number of nitro groups is 1. The van der Waals surface area contributed by atoms with Crippen LogP contribution in [0.3, 0.4) is 0 Å². The number of nitrogens with two attached hydrogens (primary N) is 1. The highest BCUT2D eigenvalue weighted by atomic mass is 35.5. The van der Waals surface area contributed by atoms with Crippen LogP contribution in [0.5, 0.6) is 0 Å². The first-order valence-corrected chi connectivity index (χ1v) is 7.81. The molecule has 27 heavy (non-hydrogen) atoms. The molecular formula is C16H11ClN6O4. The number of aromatic nitrogens is 2. The maximum Gasteiger partial charge on any atom is 0.341 e. The number of non-ortho nitro benzene ring substituents is 1. The fourth-order valence-electron chi connectivity index (χ4n) is 2.24. The lowest BCUT2D eigenvalue weighted by molar-refractivity contribution is -0.384. The Morgan fingerprint density at radius 3 is 2.30 bits per heavy atom. The van der Waals surface area contributed by atoms with Gasteiger partial charge in [0.1, 0.15) is 0 Å². The summed E-state index contributed by atoms with van der Waals surface area (Å²) in [5.41, 5.74) is 5.05. The number of hydrogen-bond donors (Lipinski definition) is 2. The number of primary amides is 1. The van der Waals surface area contributed by atoms with E-state index in [9.17, 15) is 19.7 Å². The number of halogens is 1. The number of rotatable bonds is 4. The number of hydrogen-bond acceptors (Lipinski definition) is 6. The van der Waals surface area contributed by atoms with Crippen molar-refractivity contribution in [3.8, 4) is 11.3 Å². The molecule has 0 aliphatic carbocycles. The fourth-order valence-corrected chi connectivity index (χ4v) is 2.37. The number of nitrogens with zero attached hydrogens (tertiary/aromatic N) is 4. The van der Waals surface area contributed by atoms with Crippen LogP contribution in [0.15, 0.2) is 63.6 Å². The highest BCUT2D eigenvalue weighted by Crippen LogP contribution is 2.28. The summed E-state index contributed by atoms with van der Waals surface area (Å²) in [6.45, 7) is 0. The molecule has 3 aromatic rings. The monoisotopic (exact) mass is 386 g/mol. The quantitative estimate of drug-likeness (QED) is 0.398. The Hall–Kier alpha value is -3.79. The van der Waals surface area contributed by atoms with E-state index in [-0.39, 0.29) is 17.1 Å². The summed E-state index contributed by atoms with van der Waals surface area (Å²) in [4.78, 5) is 34.1. The Morgan fingerprint density at radius 1 is 1.11 bits per heavy atom. The van der Waals surface area contributed by atoms with Crippen molar-refractivity contribution in [3.63, 3.8) is 0 Å². The normalized spacial score (nSPS) is 11.0. The number of nitro benzene ring substituents is 1. The SMILES string of the molecule is NC(=O)n1[nH]c(-c2ccc([N+](=O)[O-])cc2)c(N=Nc2ccc(Cl)cc2)c1=O. The van der Waals surface area contributed by atoms with Crippen molar-refractivity contribution >= 4 is 34.7 Å². The summed E-state index contributed by atoms with van der Waals surface area (Å²) in [6, 6.07) is 10.7. The standard InChI is InChI=1S/C16H11ClN6O4/c17-10-3-5-11(6-4-10)19-20-14-13(21-22(15(14)24)16(18)25)9-1-7-12(8-2-9)23(26)27/h1-8,21H,(H2,18,25). The summed E-state index contributed by atoms with van der Waals surface area (Å²) >= 11 is 5.80. The van der Waals surface area contributed by atoms with Gasteiger partial charge in [0.15, 0.2) is 5.69 Å². The Morgan fingerprint density at radius 2 is 1.74 bits per heavy atom. The third-order valence-electron chi connectivity index (χ3n) is 3.55. The summed E-state index contributed by atoms with van der Waals surface area (Å²) in [7, 11) is 0. The second-order valence-electron chi connectivity index (χ2n) is 5.29. The number of amides is 1. The minimum atomic E-state index is -1.03. The molecule has 0 saturated carbocycles. The summed E-state index contributed by atoms with van der Waals surface area (Å²) in [6.07, 6.45) is 0. The highest BCUT2D eigenvalue weighted by molar-refractivity contribution is 6.30. The maximum atomic E-state index is 12.4. The lowest BCUT2D eigenvalue weighted by atomic mass is 10.1. The van der Waals surface area contributed by atoms with Crippen LogP contribution in [0.25, 0.3) is 11.3 Å². The van der Waals surface area contributed by atoms with Crippen LogP contribution in [0.2, 0.25) is 5.02 Å². The van der Waals surface area contributed by atoms with Crippen LogP contribution in [-0.2, 0) is 0 Å². The minimum Gasteiger partial charge on any atom is -0.350 e. The zero-order valence-corrected chi connectivity index (χ0v) is 14.3. The van der Waals surface area contributed by atoms with Crippen molar-refractivity contribution in [1.82, 2.24) is 9.78 Å². The van der Waals surface area contributed by atoms with Crippen molar-refractivity contribution in [2.24, 2.45) is 16.0 Å². The summed E-state index contributed by atoms with van der Waals surface area (Å²) in [5, 5.41) is 21.7. The zero-order chi connectivity index (χ0) is 19.6. The van der Waals surface area contributed by atoms with Crippen molar-refractivity contribution in [2.45, 2.75) is 0 Å². The fraction of sp³-hybridized carbons (Fsp3) is 0. The van der Waals surface area contributed by atoms with E-state index in [4.69, 9.17) is 17.3 Å². The van der Waals surface area contributed by atoms with Crippen molar-refractivity contribution < 1.29 is 9.72 Å². The van der Waals surface area contributed by atoms with Gasteiger partial charge in [-0.3, -0.25) is 20.0 Å². The van der Waals surface area contributed by atoms with E-state index in [1.165, 1.54) is 24.3 Å². The average molecular weight is 387 g/mol.